The topological polar surface area (TPSA) is 55.1 Å². The van der Waals surface area contributed by atoms with E-state index >= 15 is 0 Å². The van der Waals surface area contributed by atoms with Crippen molar-refractivity contribution in [2.24, 2.45) is 17.6 Å². The third kappa shape index (κ3) is 3.35. The van der Waals surface area contributed by atoms with E-state index in [0.717, 1.165) is 18.0 Å². The van der Waals surface area contributed by atoms with Crippen molar-refractivity contribution in [2.75, 3.05) is 13.1 Å². The average Bonchev–Trinajstić information content (AvgIpc) is 3.10. The minimum atomic E-state index is -0.00701. The number of hydrogen-bond donors (Lipinski definition) is 2. The Morgan fingerprint density at radius 3 is 2.67 bits per heavy atom. The van der Waals surface area contributed by atoms with Crippen LogP contribution in [0.25, 0.3) is 0 Å². The van der Waals surface area contributed by atoms with Crippen molar-refractivity contribution in [3.8, 4) is 11.8 Å². The lowest BCUT2D eigenvalue weighted by molar-refractivity contribution is 0.0951. The van der Waals surface area contributed by atoms with Crippen molar-refractivity contribution in [1.82, 2.24) is 5.32 Å². The number of nitrogens with one attached hydrogen (secondary N) is 1. The molecule has 18 heavy (non-hydrogen) atoms. The fourth-order valence-electron chi connectivity index (χ4n) is 1.87. The lowest BCUT2D eigenvalue weighted by Gasteiger charge is -2.04. The molecule has 1 aliphatic carbocycles. The second kappa shape index (κ2) is 5.70. The van der Waals surface area contributed by atoms with Crippen molar-refractivity contribution >= 4 is 5.91 Å². The van der Waals surface area contributed by atoms with Crippen molar-refractivity contribution < 1.29 is 4.79 Å². The van der Waals surface area contributed by atoms with Crippen LogP contribution in [0.5, 0.6) is 0 Å². The van der Waals surface area contributed by atoms with Gasteiger partial charge in [0, 0.05) is 17.7 Å². The van der Waals surface area contributed by atoms with Crippen molar-refractivity contribution in [3.05, 3.63) is 35.4 Å². The molecule has 0 saturated heterocycles. The predicted molar refractivity (Wildman–Crippen MR) is 72.0 cm³/mol. The van der Waals surface area contributed by atoms with Crippen LogP contribution in [0.15, 0.2) is 24.3 Å². The summed E-state index contributed by atoms with van der Waals surface area (Å²) in [6, 6.07) is 7.28. The maximum atomic E-state index is 11.8. The third-order valence-electron chi connectivity index (χ3n) is 3.28. The molecule has 2 rings (SSSR count). The van der Waals surface area contributed by atoms with Gasteiger partial charge in [-0.25, -0.2) is 0 Å². The fraction of sp³-hybridized carbons (Fsp3) is 0.400. The van der Waals surface area contributed by atoms with E-state index in [-0.39, 0.29) is 5.91 Å². The zero-order valence-corrected chi connectivity index (χ0v) is 10.6. The second-order valence-electron chi connectivity index (χ2n) is 4.77. The van der Waals surface area contributed by atoms with Gasteiger partial charge in [-0.05, 0) is 42.5 Å². The number of rotatable bonds is 3. The zero-order valence-electron chi connectivity index (χ0n) is 10.6. The number of carbonyl (C=O) groups is 1. The van der Waals surface area contributed by atoms with E-state index in [1.54, 1.807) is 12.1 Å². The number of benzene rings is 1. The highest BCUT2D eigenvalue weighted by Gasteiger charge is 2.32. The molecule has 0 bridgehead atoms. The summed E-state index contributed by atoms with van der Waals surface area (Å²) in [6.45, 7) is 3.35. The Bertz CT molecular complexity index is 481. The Morgan fingerprint density at radius 2 is 2.11 bits per heavy atom. The number of hydrogen-bond acceptors (Lipinski definition) is 2. The first-order valence-corrected chi connectivity index (χ1v) is 6.28. The van der Waals surface area contributed by atoms with Gasteiger partial charge in [-0.15, -0.1) is 0 Å². The summed E-state index contributed by atoms with van der Waals surface area (Å²) < 4.78 is 0. The number of nitrogens with two attached hydrogens (primary N) is 1. The van der Waals surface area contributed by atoms with Gasteiger partial charge < -0.3 is 11.1 Å². The van der Waals surface area contributed by atoms with E-state index in [1.807, 2.05) is 12.1 Å². The zero-order chi connectivity index (χ0) is 13.0. The monoisotopic (exact) mass is 242 g/mol. The van der Waals surface area contributed by atoms with Crippen molar-refractivity contribution in [2.45, 2.75) is 13.3 Å². The molecule has 94 valence electrons. The average molecular weight is 242 g/mol. The molecule has 0 aromatic heterocycles. The Hall–Kier alpha value is -1.79. The van der Waals surface area contributed by atoms with Crippen LogP contribution in [-0.2, 0) is 0 Å². The van der Waals surface area contributed by atoms with E-state index in [9.17, 15) is 4.79 Å². The quantitative estimate of drug-likeness (QED) is 0.787. The number of amides is 1. The summed E-state index contributed by atoms with van der Waals surface area (Å²) in [7, 11) is 0. The molecule has 1 aromatic carbocycles. The summed E-state index contributed by atoms with van der Waals surface area (Å²) in [5.74, 6) is 7.14. The molecule has 1 saturated carbocycles. The molecule has 2 atom stereocenters. The lowest BCUT2D eigenvalue weighted by Crippen LogP contribution is -2.25. The maximum Gasteiger partial charge on any atom is 0.251 e. The van der Waals surface area contributed by atoms with E-state index in [2.05, 4.69) is 24.1 Å². The van der Waals surface area contributed by atoms with E-state index < -0.39 is 0 Å². The molecule has 0 aliphatic heterocycles. The molecule has 3 heteroatoms. The summed E-state index contributed by atoms with van der Waals surface area (Å²) in [4.78, 5) is 11.8. The van der Waals surface area contributed by atoms with Crippen LogP contribution >= 0.6 is 0 Å². The lowest BCUT2D eigenvalue weighted by atomic mass is 10.1. The van der Waals surface area contributed by atoms with Crippen LogP contribution in [0.1, 0.15) is 29.3 Å². The van der Waals surface area contributed by atoms with Crippen molar-refractivity contribution in [1.29, 1.82) is 0 Å². The first-order valence-electron chi connectivity index (χ1n) is 6.28. The molecule has 1 aliphatic rings. The van der Waals surface area contributed by atoms with Gasteiger partial charge in [0.15, 0.2) is 0 Å². The van der Waals surface area contributed by atoms with Crippen LogP contribution < -0.4 is 11.1 Å². The van der Waals surface area contributed by atoms with Crippen molar-refractivity contribution in [3.63, 3.8) is 0 Å². The van der Waals surface area contributed by atoms with Crippen LogP contribution in [-0.4, -0.2) is 19.0 Å². The molecular formula is C15H18N2O. The molecule has 1 aromatic rings. The standard InChI is InChI=1S/C15H18N2O/c1-11-9-14(11)10-17-15(18)13-6-4-12(5-7-13)3-2-8-16/h4-7,11,14H,8-10,16H2,1H3,(H,17,18). The number of carbonyl (C=O) groups excluding carboxylic acids is 1. The summed E-state index contributed by atoms with van der Waals surface area (Å²) >= 11 is 0. The first-order chi connectivity index (χ1) is 8.70. The fourth-order valence-corrected chi connectivity index (χ4v) is 1.87. The van der Waals surface area contributed by atoms with E-state index in [1.165, 1.54) is 6.42 Å². The van der Waals surface area contributed by atoms with Gasteiger partial charge in [0.05, 0.1) is 6.54 Å². The normalized spacial score (nSPS) is 20.8. The maximum absolute atomic E-state index is 11.8. The largest absolute Gasteiger partial charge is 0.352 e. The summed E-state index contributed by atoms with van der Waals surface area (Å²) in [6.07, 6.45) is 1.23. The second-order valence-corrected chi connectivity index (χ2v) is 4.77. The van der Waals surface area contributed by atoms with Crippen LogP contribution in [0.2, 0.25) is 0 Å². The minimum absolute atomic E-state index is 0.00701. The first kappa shape index (κ1) is 12.7. The molecule has 0 spiro atoms. The van der Waals surface area contributed by atoms with Gasteiger partial charge in [-0.3, -0.25) is 4.79 Å². The molecule has 2 unspecified atom stereocenters. The highest BCUT2D eigenvalue weighted by molar-refractivity contribution is 5.94. The molecule has 0 radical (unpaired) electrons. The SMILES string of the molecule is CC1CC1CNC(=O)c1ccc(C#CCN)cc1. The van der Waals surface area contributed by atoms with Gasteiger partial charge in [-0.1, -0.05) is 18.8 Å². The van der Waals surface area contributed by atoms with Crippen LogP contribution in [0.3, 0.4) is 0 Å². The van der Waals surface area contributed by atoms with Gasteiger partial charge in [0.2, 0.25) is 0 Å². The van der Waals surface area contributed by atoms with E-state index in [4.69, 9.17) is 5.73 Å². The predicted octanol–water partition coefficient (Wildman–Crippen LogP) is 1.38. The highest BCUT2D eigenvalue weighted by Crippen LogP contribution is 2.36. The third-order valence-corrected chi connectivity index (χ3v) is 3.28. The van der Waals surface area contributed by atoms with E-state index in [0.29, 0.717) is 18.0 Å². The molecule has 0 heterocycles. The molecule has 1 fully saturated rings. The molecule has 3 N–H and O–H groups in total. The smallest absolute Gasteiger partial charge is 0.251 e. The van der Waals surface area contributed by atoms with Gasteiger partial charge >= 0.3 is 0 Å². The van der Waals surface area contributed by atoms with Crippen LogP contribution in [0.4, 0.5) is 0 Å². The van der Waals surface area contributed by atoms with Gasteiger partial charge in [-0.2, -0.15) is 0 Å². The Kier molecular flexibility index (Phi) is 4.01. The summed E-state index contributed by atoms with van der Waals surface area (Å²) in [5.41, 5.74) is 6.87. The molecular weight excluding hydrogens is 224 g/mol. The van der Waals surface area contributed by atoms with Gasteiger partial charge in [0.25, 0.3) is 5.91 Å². The molecule has 1 amide bonds. The summed E-state index contributed by atoms with van der Waals surface area (Å²) in [5, 5.41) is 2.96. The Labute approximate surface area is 108 Å². The minimum Gasteiger partial charge on any atom is -0.352 e. The molecule has 3 nitrogen and oxygen atoms in total. The van der Waals surface area contributed by atoms with Gasteiger partial charge in [0.1, 0.15) is 0 Å². The highest BCUT2D eigenvalue weighted by atomic mass is 16.1. The Balaban J connectivity index is 1.89. The Morgan fingerprint density at radius 1 is 1.44 bits per heavy atom. The van der Waals surface area contributed by atoms with Crippen LogP contribution in [0, 0.1) is 23.7 Å².